The number of hydrogen-bond acceptors (Lipinski definition) is 7. The number of fused-ring (bicyclic) bond motifs is 3. The van der Waals surface area contributed by atoms with E-state index in [4.69, 9.17) is 0 Å². The Morgan fingerprint density at radius 3 is 2.60 bits per heavy atom. The molecule has 3 amide bonds. The van der Waals surface area contributed by atoms with Crippen LogP contribution in [0.2, 0.25) is 0 Å². The molecule has 3 aromatic rings. The Hall–Kier alpha value is -3.96. The molecule has 2 aromatic carbocycles. The zero-order valence-corrected chi connectivity index (χ0v) is 24.0. The van der Waals surface area contributed by atoms with E-state index >= 15 is 0 Å². The predicted molar refractivity (Wildman–Crippen MR) is 158 cm³/mol. The molecule has 1 aromatic heterocycles. The van der Waals surface area contributed by atoms with Crippen molar-refractivity contribution in [2.75, 3.05) is 26.7 Å². The SMILES string of the molecule is CN1CC=C[C@@H]2S[C@]34C=CCN(Cn5nnc6ccccc65)C(=O)C3N([C@@H](CO)Cc3ccccc3)C(=O)[C@@H]4[C@@H]2C1=O. The van der Waals surface area contributed by atoms with Crippen LogP contribution in [0.25, 0.3) is 11.0 Å². The fourth-order valence-corrected chi connectivity index (χ4v) is 9.08. The molecular formula is C31H32N6O4S. The monoisotopic (exact) mass is 584 g/mol. The molecule has 10 nitrogen and oxygen atoms in total. The molecule has 6 atom stereocenters. The molecule has 0 aliphatic carbocycles. The Bertz CT molecular complexity index is 1610. The van der Waals surface area contributed by atoms with Gasteiger partial charge in [-0.1, -0.05) is 72.0 Å². The van der Waals surface area contributed by atoms with Crippen LogP contribution in [0.5, 0.6) is 0 Å². The highest BCUT2D eigenvalue weighted by atomic mass is 32.2. The zero-order chi connectivity index (χ0) is 29.0. The number of carbonyl (C=O) groups excluding carboxylic acids is 3. The van der Waals surface area contributed by atoms with E-state index in [0.29, 0.717) is 19.5 Å². The maximum atomic E-state index is 14.7. The number of para-hydroxylation sites is 1. The fraction of sp³-hybridized carbons (Fsp3) is 0.387. The van der Waals surface area contributed by atoms with Gasteiger partial charge in [-0.15, -0.1) is 16.9 Å². The third-order valence-electron chi connectivity index (χ3n) is 9.02. The largest absolute Gasteiger partial charge is 0.394 e. The maximum Gasteiger partial charge on any atom is 0.248 e. The maximum absolute atomic E-state index is 14.7. The summed E-state index contributed by atoms with van der Waals surface area (Å²) in [6.07, 6.45) is 8.33. The average molecular weight is 585 g/mol. The van der Waals surface area contributed by atoms with Gasteiger partial charge >= 0.3 is 0 Å². The molecule has 0 bridgehead atoms. The Kier molecular flexibility index (Phi) is 6.66. The van der Waals surface area contributed by atoms with E-state index in [1.165, 1.54) is 11.8 Å². The fourth-order valence-electron chi connectivity index (χ4n) is 7.09. The van der Waals surface area contributed by atoms with Crippen molar-refractivity contribution in [2.45, 2.75) is 35.2 Å². The van der Waals surface area contributed by atoms with Gasteiger partial charge in [-0.25, -0.2) is 4.68 Å². The lowest BCUT2D eigenvalue weighted by Crippen LogP contribution is -2.57. The van der Waals surface area contributed by atoms with Crippen LogP contribution in [0, 0.1) is 11.8 Å². The third kappa shape index (κ3) is 4.09. The van der Waals surface area contributed by atoms with Gasteiger partial charge in [0.25, 0.3) is 0 Å². The van der Waals surface area contributed by atoms with Gasteiger partial charge in [0.15, 0.2) is 0 Å². The first-order valence-electron chi connectivity index (χ1n) is 14.2. The summed E-state index contributed by atoms with van der Waals surface area (Å²) in [5.41, 5.74) is 2.49. The normalized spacial score (nSPS) is 29.5. The van der Waals surface area contributed by atoms with Crippen LogP contribution in [-0.4, -0.2) is 101 Å². The minimum Gasteiger partial charge on any atom is -0.394 e. The molecule has 216 valence electrons. The molecule has 1 unspecified atom stereocenters. The standard InChI is InChI=1S/C31H32N6O4S/c1-34-15-7-13-24-25(28(34)39)26-29(40)37(21(18-38)17-20-9-3-2-4-10-20)27-30(41)35(16-8-14-31(26,27)42-24)19-36-23-12-6-5-11-22(23)32-33-36/h2-14,21,24-27,38H,15-19H2,1H3/t21-,24+,25-,26+,27?,31+/m1/s1. The van der Waals surface area contributed by atoms with E-state index in [1.807, 2.05) is 78.9 Å². The highest BCUT2D eigenvalue weighted by Gasteiger charge is 2.71. The van der Waals surface area contributed by atoms with Gasteiger partial charge in [-0.05, 0) is 24.1 Å². The van der Waals surface area contributed by atoms with Gasteiger partial charge in [0, 0.05) is 25.4 Å². The predicted octanol–water partition coefficient (Wildman–Crippen LogP) is 1.72. The summed E-state index contributed by atoms with van der Waals surface area (Å²) in [5.74, 6) is -1.90. The van der Waals surface area contributed by atoms with E-state index in [9.17, 15) is 19.5 Å². The van der Waals surface area contributed by atoms with Gasteiger partial charge in [0.1, 0.15) is 18.2 Å². The number of thioether (sulfide) groups is 1. The van der Waals surface area contributed by atoms with Crippen molar-refractivity contribution in [2.24, 2.45) is 11.8 Å². The van der Waals surface area contributed by atoms with Crippen LogP contribution in [0.1, 0.15) is 5.56 Å². The molecule has 2 fully saturated rings. The second-order valence-electron chi connectivity index (χ2n) is 11.4. The van der Waals surface area contributed by atoms with Gasteiger partial charge in [-0.3, -0.25) is 14.4 Å². The molecule has 1 spiro atoms. The average Bonchev–Trinajstić information content (AvgIpc) is 3.57. The number of hydrogen-bond donors (Lipinski definition) is 1. The summed E-state index contributed by atoms with van der Waals surface area (Å²) in [5, 5.41) is 19.0. The number of likely N-dealkylation sites (tertiary alicyclic amines) is 1. The van der Waals surface area contributed by atoms with Crippen LogP contribution < -0.4 is 0 Å². The number of benzene rings is 2. The van der Waals surface area contributed by atoms with E-state index < -0.39 is 28.7 Å². The third-order valence-corrected chi connectivity index (χ3v) is 10.8. The summed E-state index contributed by atoms with van der Waals surface area (Å²) in [7, 11) is 1.75. The zero-order valence-electron chi connectivity index (χ0n) is 23.2. The second kappa shape index (κ2) is 10.4. The summed E-state index contributed by atoms with van der Waals surface area (Å²) in [6.45, 7) is 0.652. The van der Waals surface area contributed by atoms with E-state index in [1.54, 1.807) is 26.4 Å². The molecule has 7 rings (SSSR count). The molecule has 11 heteroatoms. The van der Waals surface area contributed by atoms with Crippen LogP contribution in [-0.2, 0) is 27.5 Å². The molecule has 5 heterocycles. The second-order valence-corrected chi connectivity index (χ2v) is 12.9. The van der Waals surface area contributed by atoms with Crippen molar-refractivity contribution in [3.05, 3.63) is 84.5 Å². The Morgan fingerprint density at radius 1 is 1.00 bits per heavy atom. The molecule has 4 aliphatic heterocycles. The number of aromatic nitrogens is 3. The first kappa shape index (κ1) is 26.9. The summed E-state index contributed by atoms with van der Waals surface area (Å²) >= 11 is 1.54. The van der Waals surface area contributed by atoms with Crippen LogP contribution in [0.3, 0.4) is 0 Å². The van der Waals surface area contributed by atoms with Gasteiger partial charge in [0.2, 0.25) is 17.7 Å². The highest BCUT2D eigenvalue weighted by Crippen LogP contribution is 2.61. The number of aliphatic hydroxyl groups is 1. The van der Waals surface area contributed by atoms with Crippen molar-refractivity contribution < 1.29 is 19.5 Å². The molecule has 4 aliphatic rings. The molecule has 0 radical (unpaired) electrons. The van der Waals surface area contributed by atoms with Crippen molar-refractivity contribution in [1.82, 2.24) is 29.7 Å². The van der Waals surface area contributed by atoms with Crippen LogP contribution in [0.4, 0.5) is 0 Å². The van der Waals surface area contributed by atoms with Crippen molar-refractivity contribution in [1.29, 1.82) is 0 Å². The molecule has 42 heavy (non-hydrogen) atoms. The number of nitrogens with zero attached hydrogens (tertiary/aromatic N) is 6. The van der Waals surface area contributed by atoms with Crippen molar-refractivity contribution in [3.8, 4) is 0 Å². The number of carbonyl (C=O) groups is 3. The van der Waals surface area contributed by atoms with Crippen molar-refractivity contribution in [3.63, 3.8) is 0 Å². The first-order valence-corrected chi connectivity index (χ1v) is 15.1. The smallest absolute Gasteiger partial charge is 0.248 e. The Labute approximate surface area is 247 Å². The van der Waals surface area contributed by atoms with Crippen molar-refractivity contribution >= 4 is 40.5 Å². The summed E-state index contributed by atoms with van der Waals surface area (Å²) in [4.78, 5) is 47.9. The number of aliphatic hydroxyl groups excluding tert-OH is 1. The van der Waals surface area contributed by atoms with Crippen LogP contribution >= 0.6 is 11.8 Å². The first-order chi connectivity index (χ1) is 20.4. The summed E-state index contributed by atoms with van der Waals surface area (Å²) in [6, 6.07) is 15.7. The van der Waals surface area contributed by atoms with Gasteiger partial charge in [0.05, 0.1) is 34.7 Å². The van der Waals surface area contributed by atoms with Crippen LogP contribution in [0.15, 0.2) is 78.9 Å². The number of rotatable bonds is 6. The molecule has 0 saturated carbocycles. The molecule has 2 saturated heterocycles. The topological polar surface area (TPSA) is 112 Å². The van der Waals surface area contributed by atoms with E-state index in [0.717, 1.165) is 16.6 Å². The number of likely N-dealkylation sites (N-methyl/N-ethyl adjacent to an activating group) is 1. The lowest BCUT2D eigenvalue weighted by molar-refractivity contribution is -0.147. The van der Waals surface area contributed by atoms with E-state index in [2.05, 4.69) is 10.3 Å². The number of amides is 3. The summed E-state index contributed by atoms with van der Waals surface area (Å²) < 4.78 is 0.739. The molecular weight excluding hydrogens is 552 g/mol. The lowest BCUT2D eigenvalue weighted by Gasteiger charge is -2.38. The van der Waals surface area contributed by atoms with E-state index in [-0.39, 0.29) is 36.2 Å². The Morgan fingerprint density at radius 2 is 1.79 bits per heavy atom. The quantitative estimate of drug-likeness (QED) is 0.439. The minimum absolute atomic E-state index is 0.0898. The lowest BCUT2D eigenvalue weighted by atomic mass is 9.78. The minimum atomic E-state index is -0.953. The molecule has 1 N–H and O–H groups in total. The van der Waals surface area contributed by atoms with Gasteiger partial charge < -0.3 is 19.8 Å². The Balaban J connectivity index is 1.32. The van der Waals surface area contributed by atoms with Gasteiger partial charge in [-0.2, -0.15) is 0 Å². The highest BCUT2D eigenvalue weighted by molar-refractivity contribution is 8.02.